The van der Waals surface area contributed by atoms with E-state index in [-0.39, 0.29) is 12.1 Å². The molecular formula is C10H17N3O2. The van der Waals surface area contributed by atoms with Gasteiger partial charge in [-0.1, -0.05) is 18.5 Å². The van der Waals surface area contributed by atoms with Crippen LogP contribution >= 0.6 is 0 Å². The lowest BCUT2D eigenvalue weighted by Gasteiger charge is -2.23. The molecule has 0 aromatic rings. The maximum absolute atomic E-state index is 11.5. The van der Waals surface area contributed by atoms with Gasteiger partial charge in [0.2, 0.25) is 0 Å². The zero-order valence-corrected chi connectivity index (χ0v) is 9.06. The smallest absolute Gasteiger partial charge is 0.315 e. The monoisotopic (exact) mass is 211 g/mol. The average molecular weight is 211 g/mol. The summed E-state index contributed by atoms with van der Waals surface area (Å²) in [7, 11) is 0. The average Bonchev–Trinajstić information content (AvgIpc) is 2.27. The van der Waals surface area contributed by atoms with Gasteiger partial charge in [0.25, 0.3) is 0 Å². The molecule has 1 aliphatic rings. The zero-order chi connectivity index (χ0) is 11.1. The number of hydrogen-bond donors (Lipinski definition) is 0. The highest BCUT2D eigenvalue weighted by Crippen LogP contribution is 2.21. The molecule has 0 N–H and O–H groups in total. The molecule has 84 valence electrons. The van der Waals surface area contributed by atoms with E-state index in [1.54, 1.807) is 0 Å². The Bertz CT molecular complexity index is 255. The van der Waals surface area contributed by atoms with E-state index in [1.165, 1.54) is 6.42 Å². The molecule has 0 saturated heterocycles. The third-order valence-electron chi connectivity index (χ3n) is 2.68. The second-order valence-corrected chi connectivity index (χ2v) is 3.83. The predicted molar refractivity (Wildman–Crippen MR) is 56.2 cm³/mol. The van der Waals surface area contributed by atoms with Crippen molar-refractivity contribution in [3.8, 4) is 0 Å². The second kappa shape index (κ2) is 6.30. The van der Waals surface area contributed by atoms with Crippen LogP contribution in [0.5, 0.6) is 0 Å². The minimum atomic E-state index is -0.656. The maximum atomic E-state index is 11.5. The van der Waals surface area contributed by atoms with Crippen LogP contribution in [0.2, 0.25) is 0 Å². The highest BCUT2D eigenvalue weighted by atomic mass is 16.5. The van der Waals surface area contributed by atoms with Crippen molar-refractivity contribution < 1.29 is 9.53 Å². The van der Waals surface area contributed by atoms with Crippen molar-refractivity contribution in [2.24, 2.45) is 5.11 Å². The fourth-order valence-electron chi connectivity index (χ4n) is 1.78. The van der Waals surface area contributed by atoms with Gasteiger partial charge in [-0.3, -0.25) is 4.79 Å². The standard InChI is InChI=1S/C10H17N3O2/c1-2-9(12-13-11)10(14)15-8-6-4-3-5-7-8/h8-9H,2-7H2,1H3. The number of rotatable bonds is 4. The number of ether oxygens (including phenoxy) is 1. The summed E-state index contributed by atoms with van der Waals surface area (Å²) in [6, 6.07) is -0.656. The van der Waals surface area contributed by atoms with Crippen molar-refractivity contribution in [2.45, 2.75) is 57.6 Å². The molecule has 1 saturated carbocycles. The van der Waals surface area contributed by atoms with Crippen molar-refractivity contribution in [3.63, 3.8) is 0 Å². The third kappa shape index (κ3) is 3.80. The van der Waals surface area contributed by atoms with E-state index in [4.69, 9.17) is 10.3 Å². The Balaban J connectivity index is 2.41. The first-order chi connectivity index (χ1) is 7.27. The normalized spacial score (nSPS) is 19.0. The van der Waals surface area contributed by atoms with Crippen LogP contribution in [0.1, 0.15) is 45.4 Å². The molecule has 0 amide bonds. The van der Waals surface area contributed by atoms with Gasteiger partial charge in [0, 0.05) is 4.91 Å². The molecule has 1 unspecified atom stereocenters. The summed E-state index contributed by atoms with van der Waals surface area (Å²) in [4.78, 5) is 14.2. The number of esters is 1. The highest BCUT2D eigenvalue weighted by Gasteiger charge is 2.22. The molecule has 0 aromatic carbocycles. The van der Waals surface area contributed by atoms with Crippen LogP contribution in [0.15, 0.2) is 5.11 Å². The Labute approximate surface area is 89.4 Å². The third-order valence-corrected chi connectivity index (χ3v) is 2.68. The van der Waals surface area contributed by atoms with Gasteiger partial charge in [-0.25, -0.2) is 0 Å². The van der Waals surface area contributed by atoms with Gasteiger partial charge in [-0.05, 0) is 37.6 Å². The van der Waals surface area contributed by atoms with Crippen LogP contribution in [0.3, 0.4) is 0 Å². The molecule has 0 heterocycles. The van der Waals surface area contributed by atoms with Gasteiger partial charge in [-0.15, -0.1) is 0 Å². The molecule has 1 fully saturated rings. The van der Waals surface area contributed by atoms with E-state index in [9.17, 15) is 4.79 Å². The van der Waals surface area contributed by atoms with Crippen molar-refractivity contribution >= 4 is 5.97 Å². The summed E-state index contributed by atoms with van der Waals surface area (Å²) in [5, 5.41) is 3.41. The number of carbonyl (C=O) groups is 1. The Hall–Kier alpha value is -1.22. The van der Waals surface area contributed by atoms with Crippen LogP contribution in [0.25, 0.3) is 10.4 Å². The summed E-state index contributed by atoms with van der Waals surface area (Å²) in [6.07, 6.45) is 5.88. The first-order valence-electron chi connectivity index (χ1n) is 5.52. The maximum Gasteiger partial charge on any atom is 0.315 e. The SMILES string of the molecule is CCC(N=[N+]=[N-])C(=O)OC1CCCCC1. The number of hydrogen-bond acceptors (Lipinski definition) is 3. The van der Waals surface area contributed by atoms with Crippen molar-refractivity contribution in [2.75, 3.05) is 0 Å². The van der Waals surface area contributed by atoms with Gasteiger partial charge in [0.15, 0.2) is 0 Å². The molecule has 15 heavy (non-hydrogen) atoms. The molecule has 0 aromatic heterocycles. The molecule has 0 radical (unpaired) electrons. The van der Waals surface area contributed by atoms with Crippen LogP contribution in [-0.4, -0.2) is 18.1 Å². The fraction of sp³-hybridized carbons (Fsp3) is 0.900. The summed E-state index contributed by atoms with van der Waals surface area (Å²) >= 11 is 0. The minimum Gasteiger partial charge on any atom is -0.462 e. The van der Waals surface area contributed by atoms with Crippen molar-refractivity contribution in [1.82, 2.24) is 0 Å². The molecular weight excluding hydrogens is 194 g/mol. The van der Waals surface area contributed by atoms with E-state index >= 15 is 0 Å². The lowest BCUT2D eigenvalue weighted by molar-refractivity contribution is -0.152. The zero-order valence-electron chi connectivity index (χ0n) is 9.06. The van der Waals surface area contributed by atoms with Crippen LogP contribution in [0, 0.1) is 0 Å². The Morgan fingerprint density at radius 3 is 2.73 bits per heavy atom. The van der Waals surface area contributed by atoms with Gasteiger partial charge in [-0.2, -0.15) is 0 Å². The largest absolute Gasteiger partial charge is 0.462 e. The molecule has 5 heteroatoms. The second-order valence-electron chi connectivity index (χ2n) is 3.83. The van der Waals surface area contributed by atoms with E-state index in [2.05, 4.69) is 10.0 Å². The summed E-state index contributed by atoms with van der Waals surface area (Å²) in [6.45, 7) is 1.81. The summed E-state index contributed by atoms with van der Waals surface area (Å²) in [5.74, 6) is -0.373. The Morgan fingerprint density at radius 1 is 1.53 bits per heavy atom. The van der Waals surface area contributed by atoms with Gasteiger partial charge in [0.05, 0.1) is 0 Å². The molecule has 1 aliphatic carbocycles. The Kier molecular flexibility index (Phi) is 4.98. The van der Waals surface area contributed by atoms with Crippen molar-refractivity contribution in [3.05, 3.63) is 10.4 Å². The predicted octanol–water partition coefficient (Wildman–Crippen LogP) is 2.95. The summed E-state index contributed by atoms with van der Waals surface area (Å²) in [5.41, 5.74) is 8.27. The van der Waals surface area contributed by atoms with E-state index in [0.29, 0.717) is 6.42 Å². The lowest BCUT2D eigenvalue weighted by atomic mass is 9.98. The van der Waals surface area contributed by atoms with Crippen LogP contribution < -0.4 is 0 Å². The molecule has 0 spiro atoms. The van der Waals surface area contributed by atoms with E-state index in [1.807, 2.05) is 6.92 Å². The molecule has 1 rings (SSSR count). The lowest BCUT2D eigenvalue weighted by Crippen LogP contribution is -2.27. The minimum absolute atomic E-state index is 0.0363. The van der Waals surface area contributed by atoms with E-state index in [0.717, 1.165) is 25.7 Å². The van der Waals surface area contributed by atoms with Crippen LogP contribution in [0.4, 0.5) is 0 Å². The van der Waals surface area contributed by atoms with Gasteiger partial charge >= 0.3 is 5.97 Å². The molecule has 0 bridgehead atoms. The number of carbonyl (C=O) groups excluding carboxylic acids is 1. The number of azide groups is 1. The summed E-state index contributed by atoms with van der Waals surface area (Å²) < 4.78 is 5.29. The molecule has 5 nitrogen and oxygen atoms in total. The topological polar surface area (TPSA) is 75.1 Å². The Morgan fingerprint density at radius 2 is 2.20 bits per heavy atom. The van der Waals surface area contributed by atoms with Gasteiger partial charge in [0.1, 0.15) is 12.1 Å². The van der Waals surface area contributed by atoms with E-state index < -0.39 is 6.04 Å². The van der Waals surface area contributed by atoms with Crippen LogP contribution in [-0.2, 0) is 9.53 Å². The fourth-order valence-corrected chi connectivity index (χ4v) is 1.78. The quantitative estimate of drug-likeness (QED) is 0.310. The molecule has 0 aliphatic heterocycles. The highest BCUT2D eigenvalue weighted by molar-refractivity contribution is 5.76. The van der Waals surface area contributed by atoms with Crippen molar-refractivity contribution in [1.29, 1.82) is 0 Å². The first-order valence-corrected chi connectivity index (χ1v) is 5.52. The van der Waals surface area contributed by atoms with Gasteiger partial charge < -0.3 is 4.74 Å². The molecule has 1 atom stereocenters. The first kappa shape index (κ1) is 11.9. The number of nitrogens with zero attached hydrogens (tertiary/aromatic N) is 3.